The molecule has 0 aliphatic rings. The van der Waals surface area contributed by atoms with E-state index in [1.807, 2.05) is 0 Å². The van der Waals surface area contributed by atoms with Crippen LogP contribution in [-0.2, 0) is 14.8 Å². The van der Waals surface area contributed by atoms with Crippen LogP contribution >= 0.6 is 23.2 Å². The van der Waals surface area contributed by atoms with E-state index in [0.717, 1.165) is 0 Å². The Morgan fingerprint density at radius 2 is 1.81 bits per heavy atom. The Bertz CT molecular complexity index is 886. The van der Waals surface area contributed by atoms with E-state index < -0.39 is 22.0 Å². The number of halogens is 2. The fraction of sp³-hybridized carbons (Fsp3) is 0.235. The Morgan fingerprint density at radius 3 is 2.38 bits per heavy atom. The number of ether oxygens (including phenoxy) is 1. The van der Waals surface area contributed by atoms with E-state index in [0.29, 0.717) is 23.1 Å². The molecule has 0 unspecified atom stereocenters. The molecule has 9 heteroatoms. The van der Waals surface area contributed by atoms with Gasteiger partial charge in [-0.05, 0) is 56.3 Å². The maximum absolute atomic E-state index is 12.5. The van der Waals surface area contributed by atoms with Crippen molar-refractivity contribution >= 4 is 44.8 Å². The first-order valence-corrected chi connectivity index (χ1v) is 9.98. The Kier molecular flexibility index (Phi) is 6.88. The zero-order chi connectivity index (χ0) is 19.3. The molecular formula is C17H18Cl2N2O4S. The van der Waals surface area contributed by atoms with Gasteiger partial charge in [-0.2, -0.15) is 4.72 Å². The van der Waals surface area contributed by atoms with E-state index >= 15 is 0 Å². The maximum atomic E-state index is 12.5. The van der Waals surface area contributed by atoms with Gasteiger partial charge in [0.25, 0.3) is 0 Å². The summed E-state index contributed by atoms with van der Waals surface area (Å²) < 4.78 is 32.5. The van der Waals surface area contributed by atoms with E-state index in [9.17, 15) is 13.2 Å². The highest BCUT2D eigenvalue weighted by molar-refractivity contribution is 7.89. The van der Waals surface area contributed by atoms with Crippen molar-refractivity contribution in [1.82, 2.24) is 4.72 Å². The average Bonchev–Trinajstić information content (AvgIpc) is 2.58. The summed E-state index contributed by atoms with van der Waals surface area (Å²) in [5.41, 5.74) is 0.509. The lowest BCUT2D eigenvalue weighted by atomic mass is 10.3. The number of sulfonamides is 1. The van der Waals surface area contributed by atoms with E-state index in [1.54, 1.807) is 31.2 Å². The molecule has 1 atom stereocenters. The molecule has 0 heterocycles. The molecule has 6 nitrogen and oxygen atoms in total. The molecule has 0 bridgehead atoms. The van der Waals surface area contributed by atoms with Gasteiger partial charge in [0.15, 0.2) is 0 Å². The van der Waals surface area contributed by atoms with Gasteiger partial charge in [-0.3, -0.25) is 4.79 Å². The maximum Gasteiger partial charge on any atom is 0.242 e. The number of nitrogens with one attached hydrogen (secondary N) is 2. The van der Waals surface area contributed by atoms with Crippen LogP contribution in [0.25, 0.3) is 0 Å². The summed E-state index contributed by atoms with van der Waals surface area (Å²) in [6, 6.07) is 9.59. The van der Waals surface area contributed by atoms with Crippen LogP contribution in [0.2, 0.25) is 10.0 Å². The van der Waals surface area contributed by atoms with E-state index in [-0.39, 0.29) is 9.92 Å². The van der Waals surface area contributed by atoms with Gasteiger partial charge in [-0.25, -0.2) is 8.42 Å². The topological polar surface area (TPSA) is 84.5 Å². The zero-order valence-corrected chi connectivity index (χ0v) is 16.5. The van der Waals surface area contributed by atoms with Crippen LogP contribution in [0.3, 0.4) is 0 Å². The third-order valence-electron chi connectivity index (χ3n) is 3.35. The van der Waals surface area contributed by atoms with Crippen LogP contribution < -0.4 is 14.8 Å². The molecule has 0 fully saturated rings. The van der Waals surface area contributed by atoms with Crippen molar-refractivity contribution in [2.75, 3.05) is 11.9 Å². The Morgan fingerprint density at radius 1 is 1.15 bits per heavy atom. The standard InChI is InChI=1S/C17H18Cl2N2O4S/c1-3-25-16-9-8-14(10-15(16)19)26(23,24)21-11(2)17(22)20-13-6-4-12(18)5-7-13/h4-11,21H,3H2,1-2H3,(H,20,22)/t11-/m1/s1. The van der Waals surface area contributed by atoms with Gasteiger partial charge in [-0.1, -0.05) is 23.2 Å². The summed E-state index contributed by atoms with van der Waals surface area (Å²) >= 11 is 11.8. The lowest BCUT2D eigenvalue weighted by Crippen LogP contribution is -2.41. The van der Waals surface area contributed by atoms with Crippen molar-refractivity contribution in [2.24, 2.45) is 0 Å². The van der Waals surface area contributed by atoms with E-state index in [1.165, 1.54) is 25.1 Å². The van der Waals surface area contributed by atoms with Gasteiger partial charge in [0.1, 0.15) is 5.75 Å². The highest BCUT2D eigenvalue weighted by atomic mass is 35.5. The minimum Gasteiger partial charge on any atom is -0.492 e. The summed E-state index contributed by atoms with van der Waals surface area (Å²) in [5, 5.41) is 3.32. The van der Waals surface area contributed by atoms with Gasteiger partial charge < -0.3 is 10.1 Å². The van der Waals surface area contributed by atoms with Crippen LogP contribution in [0.5, 0.6) is 5.75 Å². The molecule has 26 heavy (non-hydrogen) atoms. The molecule has 0 aliphatic heterocycles. The average molecular weight is 417 g/mol. The third-order valence-corrected chi connectivity index (χ3v) is 5.44. The molecule has 0 spiro atoms. The van der Waals surface area contributed by atoms with Gasteiger partial charge in [0.2, 0.25) is 15.9 Å². The zero-order valence-electron chi connectivity index (χ0n) is 14.1. The van der Waals surface area contributed by atoms with Crippen molar-refractivity contribution in [1.29, 1.82) is 0 Å². The molecule has 0 radical (unpaired) electrons. The molecule has 2 aromatic carbocycles. The number of carbonyl (C=O) groups is 1. The predicted molar refractivity (Wildman–Crippen MR) is 102 cm³/mol. The molecular weight excluding hydrogens is 399 g/mol. The van der Waals surface area contributed by atoms with Gasteiger partial charge in [0.05, 0.1) is 22.6 Å². The number of carbonyl (C=O) groups excluding carboxylic acids is 1. The predicted octanol–water partition coefficient (Wildman–Crippen LogP) is 3.70. The number of anilines is 1. The second-order valence-electron chi connectivity index (χ2n) is 5.36. The minimum absolute atomic E-state index is 0.0582. The lowest BCUT2D eigenvalue weighted by molar-refractivity contribution is -0.117. The highest BCUT2D eigenvalue weighted by Crippen LogP contribution is 2.27. The number of hydrogen-bond acceptors (Lipinski definition) is 4. The molecule has 2 rings (SSSR count). The third kappa shape index (κ3) is 5.35. The van der Waals surface area contributed by atoms with Crippen molar-refractivity contribution < 1.29 is 17.9 Å². The van der Waals surface area contributed by atoms with Crippen molar-refractivity contribution in [3.63, 3.8) is 0 Å². The van der Waals surface area contributed by atoms with Crippen LogP contribution in [0, 0.1) is 0 Å². The number of rotatable bonds is 7. The number of hydrogen-bond donors (Lipinski definition) is 2. The van der Waals surface area contributed by atoms with E-state index in [4.69, 9.17) is 27.9 Å². The molecule has 0 saturated heterocycles. The fourth-order valence-corrected chi connectivity index (χ4v) is 3.71. The monoisotopic (exact) mass is 416 g/mol. The van der Waals surface area contributed by atoms with Crippen LogP contribution in [-0.4, -0.2) is 27.0 Å². The first kappa shape index (κ1) is 20.5. The Hall–Kier alpha value is -1.80. The van der Waals surface area contributed by atoms with Crippen molar-refractivity contribution in [3.8, 4) is 5.75 Å². The van der Waals surface area contributed by atoms with Crippen molar-refractivity contribution in [3.05, 3.63) is 52.5 Å². The number of benzene rings is 2. The van der Waals surface area contributed by atoms with Crippen LogP contribution in [0.1, 0.15) is 13.8 Å². The Balaban J connectivity index is 2.08. The summed E-state index contributed by atoms with van der Waals surface area (Å²) in [7, 11) is -3.93. The molecule has 0 saturated carbocycles. The molecule has 2 N–H and O–H groups in total. The second-order valence-corrected chi connectivity index (χ2v) is 7.92. The summed E-state index contributed by atoms with van der Waals surface area (Å²) in [6.07, 6.45) is 0. The summed E-state index contributed by atoms with van der Waals surface area (Å²) in [4.78, 5) is 12.1. The molecule has 1 amide bonds. The lowest BCUT2D eigenvalue weighted by Gasteiger charge is -2.15. The summed E-state index contributed by atoms with van der Waals surface area (Å²) in [6.45, 7) is 3.65. The summed E-state index contributed by atoms with van der Waals surface area (Å²) in [5.74, 6) is -0.116. The minimum atomic E-state index is -3.93. The highest BCUT2D eigenvalue weighted by Gasteiger charge is 2.23. The van der Waals surface area contributed by atoms with Gasteiger partial charge >= 0.3 is 0 Å². The number of amides is 1. The SMILES string of the molecule is CCOc1ccc(S(=O)(=O)N[C@H](C)C(=O)Nc2ccc(Cl)cc2)cc1Cl. The fourth-order valence-electron chi connectivity index (χ4n) is 2.06. The van der Waals surface area contributed by atoms with E-state index in [2.05, 4.69) is 10.0 Å². The van der Waals surface area contributed by atoms with Gasteiger partial charge in [0, 0.05) is 10.7 Å². The van der Waals surface area contributed by atoms with Crippen LogP contribution in [0.4, 0.5) is 5.69 Å². The normalized spacial score (nSPS) is 12.5. The first-order valence-electron chi connectivity index (χ1n) is 7.74. The molecule has 140 valence electrons. The van der Waals surface area contributed by atoms with Crippen LogP contribution in [0.15, 0.2) is 47.4 Å². The van der Waals surface area contributed by atoms with Gasteiger partial charge in [-0.15, -0.1) is 0 Å². The molecule has 0 aromatic heterocycles. The second kappa shape index (κ2) is 8.73. The largest absolute Gasteiger partial charge is 0.492 e. The van der Waals surface area contributed by atoms with Crippen molar-refractivity contribution in [2.45, 2.75) is 24.8 Å². The molecule has 2 aromatic rings. The Labute approximate surface area is 162 Å². The smallest absolute Gasteiger partial charge is 0.242 e. The molecule has 0 aliphatic carbocycles. The first-order chi connectivity index (χ1) is 12.2. The quantitative estimate of drug-likeness (QED) is 0.720.